The second-order valence-corrected chi connectivity index (χ2v) is 10.7. The maximum absolute atomic E-state index is 12.9. The van der Waals surface area contributed by atoms with Crippen LogP contribution in [0.5, 0.6) is 0 Å². The first-order chi connectivity index (χ1) is 19.9. The molecular formula is C35H31N3O3. The number of hydrogen-bond donors (Lipinski definition) is 3. The molecule has 0 bridgehead atoms. The molecule has 4 N–H and O–H groups in total. The van der Waals surface area contributed by atoms with E-state index >= 15 is 0 Å². The van der Waals surface area contributed by atoms with Crippen LogP contribution in [0.3, 0.4) is 0 Å². The summed E-state index contributed by atoms with van der Waals surface area (Å²) in [6, 6.07) is 39.0. The van der Waals surface area contributed by atoms with E-state index in [1.807, 2.05) is 54.6 Å². The van der Waals surface area contributed by atoms with E-state index in [1.165, 1.54) is 21.9 Å². The van der Waals surface area contributed by atoms with Crippen LogP contribution in [0, 0.1) is 0 Å². The highest BCUT2D eigenvalue weighted by atomic mass is 16.5. The van der Waals surface area contributed by atoms with Gasteiger partial charge in [-0.05, 0) is 70.6 Å². The molecule has 0 saturated heterocycles. The Kier molecular flexibility index (Phi) is 7.23. The van der Waals surface area contributed by atoms with Gasteiger partial charge in [-0.1, -0.05) is 91.0 Å². The maximum atomic E-state index is 12.9. The zero-order valence-corrected chi connectivity index (χ0v) is 22.5. The fourth-order valence-corrected chi connectivity index (χ4v) is 5.31. The third-order valence-electron chi connectivity index (χ3n) is 7.62. The van der Waals surface area contributed by atoms with Gasteiger partial charge >= 0.3 is 6.09 Å². The molecule has 5 aromatic carbocycles. The average molecular weight is 542 g/mol. The molecule has 6 nitrogen and oxygen atoms in total. The van der Waals surface area contributed by atoms with Crippen LogP contribution in [-0.2, 0) is 17.8 Å². The van der Waals surface area contributed by atoms with Gasteiger partial charge in [-0.25, -0.2) is 4.79 Å². The summed E-state index contributed by atoms with van der Waals surface area (Å²) in [6.45, 7) is 0.165. The lowest BCUT2D eigenvalue weighted by Gasteiger charge is -2.13. The molecule has 1 aliphatic carbocycles. The first kappa shape index (κ1) is 26.3. The number of fused-ring (bicyclic) bond motifs is 1. The predicted molar refractivity (Wildman–Crippen MR) is 163 cm³/mol. The summed E-state index contributed by atoms with van der Waals surface area (Å²) in [5.74, 6) is 0.0121. The van der Waals surface area contributed by atoms with Crippen LogP contribution in [0.15, 0.2) is 121 Å². The molecule has 0 aliphatic heterocycles. The minimum atomic E-state index is -0.585. The SMILES string of the molecule is NC1(Cc2ccc3ccccc3c2)CC1c1ccc(NC(=O)c2cccc(NC(=O)OCc3ccccc3)c2)cc1. The van der Waals surface area contributed by atoms with Crippen LogP contribution in [0.25, 0.3) is 10.8 Å². The van der Waals surface area contributed by atoms with E-state index < -0.39 is 6.09 Å². The van der Waals surface area contributed by atoms with E-state index in [9.17, 15) is 9.59 Å². The van der Waals surface area contributed by atoms with Crippen molar-refractivity contribution in [2.45, 2.75) is 30.9 Å². The fraction of sp³-hybridized carbons (Fsp3) is 0.143. The molecule has 6 heteroatoms. The highest BCUT2D eigenvalue weighted by Crippen LogP contribution is 2.51. The van der Waals surface area contributed by atoms with Crippen LogP contribution >= 0.6 is 0 Å². The lowest BCUT2D eigenvalue weighted by atomic mass is 9.97. The Morgan fingerprint density at radius 3 is 2.29 bits per heavy atom. The van der Waals surface area contributed by atoms with Gasteiger partial charge in [0.05, 0.1) is 0 Å². The second-order valence-electron chi connectivity index (χ2n) is 10.7. The summed E-state index contributed by atoms with van der Waals surface area (Å²) in [4.78, 5) is 25.1. The molecule has 0 heterocycles. The van der Waals surface area contributed by atoms with Gasteiger partial charge < -0.3 is 15.8 Å². The normalized spacial score (nSPS) is 17.5. The van der Waals surface area contributed by atoms with Crippen molar-refractivity contribution < 1.29 is 14.3 Å². The topological polar surface area (TPSA) is 93.5 Å². The molecule has 1 saturated carbocycles. The van der Waals surface area contributed by atoms with Crippen molar-refractivity contribution in [3.63, 3.8) is 0 Å². The molecule has 6 rings (SSSR count). The van der Waals surface area contributed by atoms with Gasteiger partial charge in [0.1, 0.15) is 6.61 Å². The highest BCUT2D eigenvalue weighted by Gasteiger charge is 2.51. The number of hydrogen-bond acceptors (Lipinski definition) is 4. The monoisotopic (exact) mass is 541 g/mol. The Balaban J connectivity index is 1.03. The number of anilines is 2. The van der Waals surface area contributed by atoms with Gasteiger partial charge in [0.15, 0.2) is 0 Å². The number of benzene rings is 5. The van der Waals surface area contributed by atoms with E-state index in [-0.39, 0.29) is 24.0 Å². The predicted octanol–water partition coefficient (Wildman–Crippen LogP) is 7.27. The van der Waals surface area contributed by atoms with Crippen molar-refractivity contribution >= 4 is 34.1 Å². The minimum Gasteiger partial charge on any atom is -0.444 e. The largest absolute Gasteiger partial charge is 0.444 e. The van der Waals surface area contributed by atoms with Gasteiger partial charge in [-0.3, -0.25) is 10.1 Å². The van der Waals surface area contributed by atoms with Crippen LogP contribution in [0.2, 0.25) is 0 Å². The smallest absolute Gasteiger partial charge is 0.411 e. The molecule has 2 unspecified atom stereocenters. The summed E-state index contributed by atoms with van der Waals surface area (Å²) in [5, 5.41) is 8.08. The third kappa shape index (κ3) is 6.29. The second kappa shape index (κ2) is 11.3. The highest BCUT2D eigenvalue weighted by molar-refractivity contribution is 6.05. The minimum absolute atomic E-state index is 0.165. The fourth-order valence-electron chi connectivity index (χ4n) is 5.31. The number of ether oxygens (including phenoxy) is 1. The van der Waals surface area contributed by atoms with E-state index in [0.29, 0.717) is 16.9 Å². The number of rotatable bonds is 8. The first-order valence-electron chi connectivity index (χ1n) is 13.7. The zero-order valence-electron chi connectivity index (χ0n) is 22.5. The molecular weight excluding hydrogens is 510 g/mol. The van der Waals surface area contributed by atoms with Crippen molar-refractivity contribution in [1.29, 1.82) is 0 Å². The lowest BCUT2D eigenvalue weighted by molar-refractivity contribution is 0.102. The Morgan fingerprint density at radius 2 is 1.49 bits per heavy atom. The standard InChI is InChI=1S/C35H31N3O3/c36-35(21-25-13-14-26-9-4-5-10-28(26)19-25)22-32(35)27-15-17-30(18-16-27)37-33(39)29-11-6-12-31(20-29)38-34(40)41-23-24-7-2-1-3-8-24/h1-20,32H,21-23,36H2,(H,37,39)(H,38,40). The van der Waals surface area contributed by atoms with Crippen molar-refractivity contribution in [3.05, 3.63) is 144 Å². The Bertz CT molecular complexity index is 1700. The van der Waals surface area contributed by atoms with Crippen molar-refractivity contribution in [3.8, 4) is 0 Å². The molecule has 1 fully saturated rings. The van der Waals surface area contributed by atoms with Crippen LogP contribution < -0.4 is 16.4 Å². The van der Waals surface area contributed by atoms with Crippen molar-refractivity contribution in [1.82, 2.24) is 0 Å². The number of carbonyl (C=O) groups is 2. The summed E-state index contributed by atoms with van der Waals surface area (Å²) in [5.41, 5.74) is 11.4. The summed E-state index contributed by atoms with van der Waals surface area (Å²) < 4.78 is 5.27. The van der Waals surface area contributed by atoms with Crippen LogP contribution in [0.1, 0.15) is 39.4 Å². The molecule has 0 radical (unpaired) electrons. The lowest BCUT2D eigenvalue weighted by Crippen LogP contribution is -2.27. The van der Waals surface area contributed by atoms with E-state index in [4.69, 9.17) is 10.5 Å². The van der Waals surface area contributed by atoms with E-state index in [1.54, 1.807) is 24.3 Å². The van der Waals surface area contributed by atoms with Crippen LogP contribution in [-0.4, -0.2) is 17.5 Å². The van der Waals surface area contributed by atoms with Gasteiger partial charge in [0.25, 0.3) is 5.91 Å². The van der Waals surface area contributed by atoms with Crippen LogP contribution in [0.4, 0.5) is 16.2 Å². The van der Waals surface area contributed by atoms with E-state index in [2.05, 4.69) is 53.1 Å². The molecule has 1 aliphatic rings. The molecule has 0 aromatic heterocycles. The summed E-state index contributed by atoms with van der Waals surface area (Å²) in [7, 11) is 0. The van der Waals surface area contributed by atoms with Crippen molar-refractivity contribution in [2.75, 3.05) is 10.6 Å². The Morgan fingerprint density at radius 1 is 0.732 bits per heavy atom. The van der Waals surface area contributed by atoms with Crippen molar-refractivity contribution in [2.24, 2.45) is 5.73 Å². The summed E-state index contributed by atoms with van der Waals surface area (Å²) in [6.07, 6.45) is 1.17. The quantitative estimate of drug-likeness (QED) is 0.193. The summed E-state index contributed by atoms with van der Waals surface area (Å²) >= 11 is 0. The molecule has 5 aromatic rings. The zero-order chi connectivity index (χ0) is 28.2. The number of carbonyl (C=O) groups excluding carboxylic acids is 2. The number of nitrogens with one attached hydrogen (secondary N) is 2. The number of nitrogens with two attached hydrogens (primary N) is 1. The number of amides is 2. The molecule has 204 valence electrons. The van der Waals surface area contributed by atoms with E-state index in [0.717, 1.165) is 18.4 Å². The van der Waals surface area contributed by atoms with Gasteiger partial charge in [0, 0.05) is 28.4 Å². The first-order valence-corrected chi connectivity index (χ1v) is 13.7. The molecule has 2 amide bonds. The Hall–Kier alpha value is -4.94. The molecule has 41 heavy (non-hydrogen) atoms. The maximum Gasteiger partial charge on any atom is 0.411 e. The van der Waals surface area contributed by atoms with Gasteiger partial charge in [-0.2, -0.15) is 0 Å². The average Bonchev–Trinajstić information content (AvgIpc) is 3.67. The third-order valence-corrected chi connectivity index (χ3v) is 7.62. The molecule has 2 atom stereocenters. The Labute approximate surface area is 239 Å². The molecule has 0 spiro atoms. The van der Waals surface area contributed by atoms with Gasteiger partial charge in [-0.15, -0.1) is 0 Å². The van der Waals surface area contributed by atoms with Gasteiger partial charge in [0.2, 0.25) is 0 Å².